The Bertz CT molecular complexity index is 462. The van der Waals surface area contributed by atoms with E-state index in [4.69, 9.17) is 5.11 Å². The summed E-state index contributed by atoms with van der Waals surface area (Å²) in [4.78, 5) is 24.7. The molecule has 0 aromatic carbocycles. The Morgan fingerprint density at radius 2 is 2.00 bits per heavy atom. The standard InChI is InChI=1S/C12H16N2O3S/c1-7-5-14(6-8(7)2)12(17)13-10-9(11(15)16)3-4-18-10/h3-4,7-8H,5-6H2,1-2H3,(H,13,17)(H,15,16). The molecule has 0 aliphatic carbocycles. The molecule has 1 aliphatic heterocycles. The minimum absolute atomic E-state index is 0.147. The predicted molar refractivity (Wildman–Crippen MR) is 70.2 cm³/mol. The number of aromatic carboxylic acids is 1. The molecule has 0 saturated carbocycles. The van der Waals surface area contributed by atoms with Crippen LogP contribution < -0.4 is 5.32 Å². The topological polar surface area (TPSA) is 69.6 Å². The van der Waals surface area contributed by atoms with Gasteiger partial charge in [-0.3, -0.25) is 5.32 Å². The number of carbonyl (C=O) groups is 2. The highest BCUT2D eigenvalue weighted by Crippen LogP contribution is 2.26. The van der Waals surface area contributed by atoms with Crippen LogP contribution in [0.5, 0.6) is 0 Å². The third kappa shape index (κ3) is 2.48. The molecule has 18 heavy (non-hydrogen) atoms. The molecule has 2 unspecified atom stereocenters. The Kier molecular flexibility index (Phi) is 3.56. The Morgan fingerprint density at radius 3 is 2.56 bits per heavy atom. The van der Waals surface area contributed by atoms with Crippen LogP contribution in [0.25, 0.3) is 0 Å². The van der Waals surface area contributed by atoms with Crippen molar-refractivity contribution < 1.29 is 14.7 Å². The number of thiophene rings is 1. The lowest BCUT2D eigenvalue weighted by Crippen LogP contribution is -2.33. The normalized spacial score (nSPS) is 23.1. The minimum atomic E-state index is -1.02. The van der Waals surface area contributed by atoms with Crippen molar-refractivity contribution in [2.45, 2.75) is 13.8 Å². The van der Waals surface area contributed by atoms with Gasteiger partial charge in [-0.2, -0.15) is 0 Å². The summed E-state index contributed by atoms with van der Waals surface area (Å²) in [6.07, 6.45) is 0. The van der Waals surface area contributed by atoms with Crippen LogP contribution in [-0.4, -0.2) is 35.1 Å². The summed E-state index contributed by atoms with van der Waals surface area (Å²) in [6.45, 7) is 5.68. The number of hydrogen-bond acceptors (Lipinski definition) is 3. The van der Waals surface area contributed by atoms with E-state index in [2.05, 4.69) is 19.2 Å². The average molecular weight is 268 g/mol. The van der Waals surface area contributed by atoms with Crippen molar-refractivity contribution in [3.63, 3.8) is 0 Å². The number of carboxylic acid groups (broad SMARTS) is 1. The molecule has 2 N–H and O–H groups in total. The van der Waals surface area contributed by atoms with Crippen LogP contribution >= 0.6 is 11.3 Å². The Morgan fingerprint density at radius 1 is 1.39 bits per heavy atom. The minimum Gasteiger partial charge on any atom is -0.478 e. The number of carboxylic acids is 1. The van der Waals surface area contributed by atoms with E-state index < -0.39 is 5.97 Å². The number of anilines is 1. The van der Waals surface area contributed by atoms with Crippen LogP contribution in [-0.2, 0) is 0 Å². The van der Waals surface area contributed by atoms with Gasteiger partial charge >= 0.3 is 12.0 Å². The first kappa shape index (κ1) is 12.9. The number of nitrogens with zero attached hydrogens (tertiary/aromatic N) is 1. The molecule has 2 rings (SSSR count). The van der Waals surface area contributed by atoms with Gasteiger partial charge in [0.15, 0.2) is 0 Å². The molecule has 0 bridgehead atoms. The first-order valence-corrected chi connectivity index (χ1v) is 6.73. The fraction of sp³-hybridized carbons (Fsp3) is 0.500. The summed E-state index contributed by atoms with van der Waals surface area (Å²) in [5.41, 5.74) is 0.147. The zero-order valence-electron chi connectivity index (χ0n) is 10.3. The van der Waals surface area contributed by atoms with Crippen molar-refractivity contribution in [2.75, 3.05) is 18.4 Å². The van der Waals surface area contributed by atoms with E-state index in [1.165, 1.54) is 17.4 Å². The van der Waals surface area contributed by atoms with Gasteiger partial charge < -0.3 is 10.0 Å². The third-order valence-corrected chi connectivity index (χ3v) is 4.22. The van der Waals surface area contributed by atoms with Gasteiger partial charge in [-0.05, 0) is 23.3 Å². The van der Waals surface area contributed by atoms with Gasteiger partial charge in [0.1, 0.15) is 5.00 Å². The molecule has 0 radical (unpaired) electrons. The van der Waals surface area contributed by atoms with E-state index in [9.17, 15) is 9.59 Å². The summed E-state index contributed by atoms with van der Waals surface area (Å²) in [6, 6.07) is 1.29. The van der Waals surface area contributed by atoms with Gasteiger partial charge in [-0.25, -0.2) is 9.59 Å². The number of urea groups is 1. The molecule has 98 valence electrons. The van der Waals surface area contributed by atoms with E-state index in [-0.39, 0.29) is 11.6 Å². The highest BCUT2D eigenvalue weighted by molar-refractivity contribution is 7.14. The largest absolute Gasteiger partial charge is 0.478 e. The number of amides is 2. The molecule has 1 aromatic rings. The Labute approximate surface area is 109 Å². The lowest BCUT2D eigenvalue weighted by atomic mass is 10.0. The van der Waals surface area contributed by atoms with Crippen molar-refractivity contribution in [3.05, 3.63) is 17.0 Å². The van der Waals surface area contributed by atoms with Gasteiger partial charge in [-0.1, -0.05) is 13.8 Å². The van der Waals surface area contributed by atoms with Crippen molar-refractivity contribution in [1.29, 1.82) is 0 Å². The van der Waals surface area contributed by atoms with E-state index in [1.807, 2.05) is 0 Å². The van der Waals surface area contributed by atoms with Crippen molar-refractivity contribution in [3.8, 4) is 0 Å². The molecular weight excluding hydrogens is 252 g/mol. The highest BCUT2D eigenvalue weighted by atomic mass is 32.1. The van der Waals surface area contributed by atoms with E-state index >= 15 is 0 Å². The maximum absolute atomic E-state index is 12.0. The Balaban J connectivity index is 2.04. The molecule has 5 nitrogen and oxygen atoms in total. The summed E-state index contributed by atoms with van der Waals surface area (Å²) in [5, 5.41) is 13.7. The number of nitrogens with one attached hydrogen (secondary N) is 1. The molecule has 1 aliphatic rings. The monoisotopic (exact) mass is 268 g/mol. The molecule has 2 amide bonds. The van der Waals surface area contributed by atoms with E-state index in [1.54, 1.807) is 10.3 Å². The average Bonchev–Trinajstić information content (AvgIpc) is 2.87. The van der Waals surface area contributed by atoms with Gasteiger partial charge in [0.05, 0.1) is 5.56 Å². The highest BCUT2D eigenvalue weighted by Gasteiger charge is 2.29. The molecule has 1 saturated heterocycles. The van der Waals surface area contributed by atoms with E-state index in [0.29, 0.717) is 16.8 Å². The maximum atomic E-state index is 12.0. The lowest BCUT2D eigenvalue weighted by Gasteiger charge is -2.16. The zero-order valence-corrected chi connectivity index (χ0v) is 11.2. The molecule has 1 fully saturated rings. The summed E-state index contributed by atoms with van der Waals surface area (Å²) in [7, 11) is 0. The summed E-state index contributed by atoms with van der Waals surface area (Å²) in [5.74, 6) is -0.0502. The number of carbonyl (C=O) groups excluding carboxylic acids is 1. The fourth-order valence-electron chi connectivity index (χ4n) is 2.05. The molecular formula is C12H16N2O3S. The second-order valence-corrected chi connectivity index (χ2v) is 5.67. The van der Waals surface area contributed by atoms with Crippen LogP contribution in [0.3, 0.4) is 0 Å². The van der Waals surface area contributed by atoms with Gasteiger partial charge in [0.2, 0.25) is 0 Å². The van der Waals surface area contributed by atoms with Crippen LogP contribution in [0, 0.1) is 11.8 Å². The molecule has 0 spiro atoms. The summed E-state index contributed by atoms with van der Waals surface area (Å²) < 4.78 is 0. The van der Waals surface area contributed by atoms with E-state index in [0.717, 1.165) is 13.1 Å². The Hall–Kier alpha value is -1.56. The molecule has 2 atom stereocenters. The first-order valence-electron chi connectivity index (χ1n) is 5.85. The number of rotatable bonds is 2. The zero-order chi connectivity index (χ0) is 13.3. The second-order valence-electron chi connectivity index (χ2n) is 4.76. The van der Waals surface area contributed by atoms with Crippen LogP contribution in [0.15, 0.2) is 11.4 Å². The predicted octanol–water partition coefficient (Wildman–Crippen LogP) is 2.57. The molecule has 1 aromatic heterocycles. The molecule has 2 heterocycles. The smallest absolute Gasteiger partial charge is 0.338 e. The van der Waals surface area contributed by atoms with Gasteiger partial charge in [0.25, 0.3) is 0 Å². The molecule has 6 heteroatoms. The van der Waals surface area contributed by atoms with Crippen molar-refractivity contribution >= 4 is 28.3 Å². The third-order valence-electron chi connectivity index (χ3n) is 3.39. The van der Waals surface area contributed by atoms with Crippen LogP contribution in [0.1, 0.15) is 24.2 Å². The van der Waals surface area contributed by atoms with Crippen molar-refractivity contribution in [1.82, 2.24) is 4.90 Å². The summed E-state index contributed by atoms with van der Waals surface area (Å²) >= 11 is 1.23. The number of hydrogen-bond donors (Lipinski definition) is 2. The van der Waals surface area contributed by atoms with Gasteiger partial charge in [-0.15, -0.1) is 11.3 Å². The van der Waals surface area contributed by atoms with Crippen LogP contribution in [0.2, 0.25) is 0 Å². The fourth-order valence-corrected chi connectivity index (χ4v) is 2.81. The quantitative estimate of drug-likeness (QED) is 0.866. The number of likely N-dealkylation sites (tertiary alicyclic amines) is 1. The lowest BCUT2D eigenvalue weighted by molar-refractivity contribution is 0.0698. The first-order chi connectivity index (χ1) is 8.49. The van der Waals surface area contributed by atoms with Crippen molar-refractivity contribution in [2.24, 2.45) is 11.8 Å². The SMILES string of the molecule is CC1CN(C(=O)Nc2sccc2C(=O)O)CC1C. The maximum Gasteiger partial charge on any atom is 0.338 e. The van der Waals surface area contributed by atoms with Gasteiger partial charge in [0, 0.05) is 13.1 Å². The van der Waals surface area contributed by atoms with Crippen LogP contribution in [0.4, 0.5) is 9.80 Å². The second kappa shape index (κ2) is 4.97.